The molecule has 2 aliphatic rings. The second-order valence-electron chi connectivity index (χ2n) is 5.41. The first-order valence-electron chi connectivity index (χ1n) is 6.88. The van der Waals surface area contributed by atoms with Crippen molar-refractivity contribution in [3.05, 3.63) is 35.9 Å². The minimum absolute atomic E-state index is 0.00766. The first-order chi connectivity index (χ1) is 9.66. The average molecular weight is 275 g/mol. The van der Waals surface area contributed by atoms with Crippen molar-refractivity contribution in [2.45, 2.75) is 31.4 Å². The lowest BCUT2D eigenvalue weighted by Gasteiger charge is -2.22. The standard InChI is InChI=1S/C15H17NO4/c17-13(11-6-7-11)14(18)16-12(9-20-15(16)19)8-10-4-2-1-3-5-10/h1-5,11-13,17H,6-9H2. The highest BCUT2D eigenvalue weighted by molar-refractivity contribution is 5.96. The van der Waals surface area contributed by atoms with Gasteiger partial charge in [-0.05, 0) is 30.7 Å². The molecule has 1 aliphatic heterocycles. The van der Waals surface area contributed by atoms with Crippen LogP contribution in [0.25, 0.3) is 0 Å². The van der Waals surface area contributed by atoms with Crippen molar-refractivity contribution in [2.75, 3.05) is 6.61 Å². The van der Waals surface area contributed by atoms with E-state index in [4.69, 9.17) is 4.74 Å². The van der Waals surface area contributed by atoms with Crippen LogP contribution in [0.3, 0.4) is 0 Å². The maximum absolute atomic E-state index is 12.2. The number of hydrogen-bond donors (Lipinski definition) is 1. The molecule has 1 heterocycles. The smallest absolute Gasteiger partial charge is 0.417 e. The van der Waals surface area contributed by atoms with Gasteiger partial charge in [0, 0.05) is 0 Å². The number of nitrogens with zero attached hydrogens (tertiary/aromatic N) is 1. The molecule has 1 aromatic rings. The monoisotopic (exact) mass is 275 g/mol. The van der Waals surface area contributed by atoms with Crippen LogP contribution in [0, 0.1) is 5.92 Å². The first kappa shape index (κ1) is 13.1. The van der Waals surface area contributed by atoms with Crippen molar-refractivity contribution in [1.82, 2.24) is 4.90 Å². The Morgan fingerprint density at radius 3 is 2.70 bits per heavy atom. The number of rotatable bonds is 4. The van der Waals surface area contributed by atoms with Gasteiger partial charge < -0.3 is 9.84 Å². The van der Waals surface area contributed by atoms with Gasteiger partial charge >= 0.3 is 6.09 Å². The van der Waals surface area contributed by atoms with Crippen molar-refractivity contribution in [3.8, 4) is 0 Å². The van der Waals surface area contributed by atoms with Crippen molar-refractivity contribution in [3.63, 3.8) is 0 Å². The molecule has 2 amide bonds. The van der Waals surface area contributed by atoms with Gasteiger partial charge in [0.2, 0.25) is 0 Å². The number of ether oxygens (including phenoxy) is 1. The van der Waals surface area contributed by atoms with E-state index in [9.17, 15) is 14.7 Å². The summed E-state index contributed by atoms with van der Waals surface area (Å²) >= 11 is 0. The fraction of sp³-hybridized carbons (Fsp3) is 0.467. The van der Waals surface area contributed by atoms with Gasteiger partial charge in [0.1, 0.15) is 12.7 Å². The number of imide groups is 1. The molecule has 2 unspecified atom stereocenters. The molecule has 0 radical (unpaired) electrons. The van der Waals surface area contributed by atoms with Crippen LogP contribution in [0.4, 0.5) is 4.79 Å². The van der Waals surface area contributed by atoms with E-state index in [1.165, 1.54) is 0 Å². The van der Waals surface area contributed by atoms with Gasteiger partial charge in [-0.3, -0.25) is 4.79 Å². The van der Waals surface area contributed by atoms with Crippen molar-refractivity contribution < 1.29 is 19.4 Å². The molecule has 2 fully saturated rings. The number of aliphatic hydroxyl groups is 1. The van der Waals surface area contributed by atoms with E-state index in [1.807, 2.05) is 30.3 Å². The SMILES string of the molecule is O=C1OCC(Cc2ccccc2)N1C(=O)C(O)C1CC1. The lowest BCUT2D eigenvalue weighted by Crippen LogP contribution is -2.46. The van der Waals surface area contributed by atoms with Crippen LogP contribution in [0.15, 0.2) is 30.3 Å². The zero-order valence-corrected chi connectivity index (χ0v) is 11.1. The molecular formula is C15H17NO4. The molecule has 0 aromatic heterocycles. The molecule has 1 aromatic carbocycles. The maximum atomic E-state index is 12.2. The summed E-state index contributed by atoms with van der Waals surface area (Å²) in [6.07, 6.45) is 0.531. The Labute approximate surface area is 117 Å². The van der Waals surface area contributed by atoms with E-state index in [1.54, 1.807) is 0 Å². The highest BCUT2D eigenvalue weighted by Gasteiger charge is 2.44. The van der Waals surface area contributed by atoms with E-state index in [0.717, 1.165) is 23.3 Å². The predicted octanol–water partition coefficient (Wildman–Crippen LogP) is 1.35. The lowest BCUT2D eigenvalue weighted by molar-refractivity contribution is -0.139. The summed E-state index contributed by atoms with van der Waals surface area (Å²) < 4.78 is 4.98. The summed E-state index contributed by atoms with van der Waals surface area (Å²) in [5.41, 5.74) is 1.04. The van der Waals surface area contributed by atoms with Crippen LogP contribution in [-0.4, -0.2) is 40.8 Å². The molecule has 1 N–H and O–H groups in total. The van der Waals surface area contributed by atoms with Crippen LogP contribution in [0.2, 0.25) is 0 Å². The van der Waals surface area contributed by atoms with E-state index in [-0.39, 0.29) is 18.6 Å². The summed E-state index contributed by atoms with van der Waals surface area (Å²) in [5, 5.41) is 9.92. The maximum Gasteiger partial charge on any atom is 0.417 e. The van der Waals surface area contributed by atoms with E-state index in [2.05, 4.69) is 0 Å². The molecule has 0 spiro atoms. The molecule has 20 heavy (non-hydrogen) atoms. The molecule has 1 saturated carbocycles. The Morgan fingerprint density at radius 1 is 1.35 bits per heavy atom. The Bertz CT molecular complexity index is 512. The third-order valence-corrected chi connectivity index (χ3v) is 3.83. The minimum Gasteiger partial charge on any atom is -0.447 e. The number of carbonyl (C=O) groups excluding carboxylic acids is 2. The van der Waals surface area contributed by atoms with Crippen molar-refractivity contribution in [2.24, 2.45) is 5.92 Å². The molecule has 3 rings (SSSR count). The number of amides is 2. The van der Waals surface area contributed by atoms with Crippen LogP contribution in [0.1, 0.15) is 18.4 Å². The summed E-state index contributed by atoms with van der Waals surface area (Å²) in [6.45, 7) is 0.191. The zero-order valence-electron chi connectivity index (χ0n) is 11.1. The van der Waals surface area contributed by atoms with Gasteiger partial charge in [-0.2, -0.15) is 0 Å². The van der Waals surface area contributed by atoms with Crippen molar-refractivity contribution in [1.29, 1.82) is 0 Å². The zero-order chi connectivity index (χ0) is 14.1. The number of carbonyl (C=O) groups is 2. The van der Waals surface area contributed by atoms with E-state index >= 15 is 0 Å². The van der Waals surface area contributed by atoms with Gasteiger partial charge in [-0.25, -0.2) is 9.69 Å². The van der Waals surface area contributed by atoms with Gasteiger partial charge in [-0.1, -0.05) is 30.3 Å². The number of hydrogen-bond acceptors (Lipinski definition) is 4. The molecular weight excluding hydrogens is 258 g/mol. The quantitative estimate of drug-likeness (QED) is 0.900. The Balaban J connectivity index is 1.73. The number of cyclic esters (lactones) is 1. The molecule has 0 bridgehead atoms. The Hall–Kier alpha value is -1.88. The van der Waals surface area contributed by atoms with Crippen LogP contribution < -0.4 is 0 Å². The molecule has 5 heteroatoms. The summed E-state index contributed by atoms with van der Waals surface area (Å²) in [5.74, 6) is -0.510. The number of benzene rings is 1. The van der Waals surface area contributed by atoms with Crippen LogP contribution in [-0.2, 0) is 16.0 Å². The normalized spacial score (nSPS) is 23.6. The fourth-order valence-electron chi connectivity index (χ4n) is 2.52. The third kappa shape index (κ3) is 2.54. The van der Waals surface area contributed by atoms with E-state index < -0.39 is 18.1 Å². The minimum atomic E-state index is -1.07. The molecule has 5 nitrogen and oxygen atoms in total. The van der Waals surface area contributed by atoms with Crippen LogP contribution in [0.5, 0.6) is 0 Å². The lowest BCUT2D eigenvalue weighted by atomic mass is 10.1. The second kappa shape index (κ2) is 5.25. The van der Waals surface area contributed by atoms with Crippen molar-refractivity contribution >= 4 is 12.0 Å². The fourth-order valence-corrected chi connectivity index (χ4v) is 2.52. The third-order valence-electron chi connectivity index (χ3n) is 3.83. The summed E-state index contributed by atoms with van der Waals surface area (Å²) in [6, 6.07) is 9.31. The predicted molar refractivity (Wildman–Crippen MR) is 70.9 cm³/mol. The van der Waals surface area contributed by atoms with Gasteiger partial charge in [-0.15, -0.1) is 0 Å². The average Bonchev–Trinajstić information content (AvgIpc) is 3.24. The van der Waals surface area contributed by atoms with E-state index in [0.29, 0.717) is 6.42 Å². The van der Waals surface area contributed by atoms with Gasteiger partial charge in [0.15, 0.2) is 0 Å². The number of aliphatic hydroxyl groups excluding tert-OH is 1. The highest BCUT2D eigenvalue weighted by atomic mass is 16.6. The molecule has 1 saturated heterocycles. The summed E-state index contributed by atoms with van der Waals surface area (Å²) in [4.78, 5) is 25.0. The molecule has 2 atom stereocenters. The molecule has 106 valence electrons. The topological polar surface area (TPSA) is 66.8 Å². The first-order valence-corrected chi connectivity index (χ1v) is 6.88. The summed E-state index contributed by atoms with van der Waals surface area (Å²) in [7, 11) is 0. The van der Waals surface area contributed by atoms with Gasteiger partial charge in [0.05, 0.1) is 6.04 Å². The highest BCUT2D eigenvalue weighted by Crippen LogP contribution is 2.34. The second-order valence-corrected chi connectivity index (χ2v) is 5.41. The Morgan fingerprint density at radius 2 is 2.05 bits per heavy atom. The van der Waals surface area contributed by atoms with Crippen LogP contribution >= 0.6 is 0 Å². The Kier molecular flexibility index (Phi) is 3.44. The van der Waals surface area contributed by atoms with Gasteiger partial charge in [0.25, 0.3) is 5.91 Å². The largest absolute Gasteiger partial charge is 0.447 e. The molecule has 1 aliphatic carbocycles.